The zero-order valence-electron chi connectivity index (χ0n) is 28.8. The number of ether oxygens (including phenoxy) is 2. The van der Waals surface area contributed by atoms with E-state index in [1.165, 1.54) is 148 Å². The Hall–Kier alpha value is -0.910. The van der Waals surface area contributed by atoms with E-state index in [-0.39, 0.29) is 19.2 Å². The monoisotopic (exact) mass is 611 g/mol. The first-order valence-corrected chi connectivity index (χ1v) is 18.9. The van der Waals surface area contributed by atoms with Crippen LogP contribution in [0.15, 0.2) is 12.2 Å². The van der Waals surface area contributed by atoms with Crippen molar-refractivity contribution in [1.29, 1.82) is 0 Å². The van der Waals surface area contributed by atoms with E-state index in [0.717, 1.165) is 25.7 Å². The lowest BCUT2D eigenvalue weighted by atomic mass is 10.0. The lowest BCUT2D eigenvalue weighted by Crippen LogP contribution is -2.29. The summed E-state index contributed by atoms with van der Waals surface area (Å²) in [5.41, 5.74) is 0. The lowest BCUT2D eigenvalue weighted by molar-refractivity contribution is -0.167. The SMILES string of the molecule is CCCCC/C=C\CCCCCCCCCCCC(O)OCC(CO)OC(=O)CCCCCCCCCCCCCCC. The maximum Gasteiger partial charge on any atom is 0.306 e. The molecule has 0 saturated heterocycles. The van der Waals surface area contributed by atoms with Gasteiger partial charge in [-0.25, -0.2) is 0 Å². The summed E-state index contributed by atoms with van der Waals surface area (Å²) in [5, 5.41) is 19.7. The quantitative estimate of drug-likeness (QED) is 0.0323. The highest BCUT2D eigenvalue weighted by Crippen LogP contribution is 2.15. The summed E-state index contributed by atoms with van der Waals surface area (Å²) in [6, 6.07) is 0. The van der Waals surface area contributed by atoms with E-state index >= 15 is 0 Å². The number of carbonyl (C=O) groups excluding carboxylic acids is 1. The van der Waals surface area contributed by atoms with Gasteiger partial charge < -0.3 is 19.7 Å². The standard InChI is InChI=1S/C38H74O5/c1-3-5-7-9-11-13-15-17-18-19-21-22-24-26-28-30-32-37(40)42-35-36(34-39)43-38(41)33-31-29-27-25-23-20-16-14-12-10-8-6-4-2/h11,13,36-37,39-40H,3-10,12,14-35H2,1-2H3/b13-11-. The Kier molecular flexibility index (Phi) is 34.8. The van der Waals surface area contributed by atoms with Gasteiger partial charge in [0, 0.05) is 6.42 Å². The number of rotatable bonds is 35. The molecule has 0 aromatic rings. The first kappa shape index (κ1) is 42.1. The second-order valence-electron chi connectivity index (χ2n) is 12.8. The number of carbonyl (C=O) groups is 1. The lowest BCUT2D eigenvalue weighted by Gasteiger charge is -2.18. The first-order valence-electron chi connectivity index (χ1n) is 18.9. The average Bonchev–Trinajstić information content (AvgIpc) is 3.01. The second-order valence-corrected chi connectivity index (χ2v) is 12.8. The summed E-state index contributed by atoms with van der Waals surface area (Å²) in [6.45, 7) is 4.27. The van der Waals surface area contributed by atoms with Gasteiger partial charge in [-0.2, -0.15) is 0 Å². The molecule has 5 heteroatoms. The molecule has 2 atom stereocenters. The Morgan fingerprint density at radius 3 is 1.47 bits per heavy atom. The third-order valence-corrected chi connectivity index (χ3v) is 8.42. The van der Waals surface area contributed by atoms with Crippen molar-refractivity contribution in [3.8, 4) is 0 Å². The van der Waals surface area contributed by atoms with Crippen molar-refractivity contribution in [1.82, 2.24) is 0 Å². The molecule has 256 valence electrons. The van der Waals surface area contributed by atoms with E-state index in [1.807, 2.05) is 0 Å². The van der Waals surface area contributed by atoms with Crippen LogP contribution in [0.3, 0.4) is 0 Å². The van der Waals surface area contributed by atoms with E-state index in [9.17, 15) is 15.0 Å². The van der Waals surface area contributed by atoms with Crippen LogP contribution < -0.4 is 0 Å². The van der Waals surface area contributed by atoms with Gasteiger partial charge in [-0.15, -0.1) is 0 Å². The van der Waals surface area contributed by atoms with Crippen LogP contribution in [0, 0.1) is 0 Å². The van der Waals surface area contributed by atoms with Gasteiger partial charge in [-0.1, -0.05) is 161 Å². The van der Waals surface area contributed by atoms with E-state index in [1.54, 1.807) is 0 Å². The number of unbranched alkanes of at least 4 members (excludes halogenated alkanes) is 24. The summed E-state index contributed by atoms with van der Waals surface area (Å²) in [6.07, 6.45) is 38.2. The van der Waals surface area contributed by atoms with Crippen molar-refractivity contribution in [2.45, 2.75) is 212 Å². The van der Waals surface area contributed by atoms with Crippen LogP contribution in [0.25, 0.3) is 0 Å². The van der Waals surface area contributed by atoms with Crippen LogP contribution in [0.1, 0.15) is 200 Å². The Balaban J connectivity index is 3.52. The number of allylic oxidation sites excluding steroid dienone is 2. The second kappa shape index (κ2) is 35.6. The Bertz CT molecular complexity index is 579. The third kappa shape index (κ3) is 33.8. The minimum Gasteiger partial charge on any atom is -0.457 e. The number of esters is 1. The molecule has 2 N–H and O–H groups in total. The van der Waals surface area contributed by atoms with Gasteiger partial charge in [0.2, 0.25) is 0 Å². The topological polar surface area (TPSA) is 76.0 Å². The van der Waals surface area contributed by atoms with Crippen LogP contribution in [0.4, 0.5) is 0 Å². The predicted octanol–water partition coefficient (Wildman–Crippen LogP) is 11.1. The average molecular weight is 611 g/mol. The minimum absolute atomic E-state index is 0.0384. The largest absolute Gasteiger partial charge is 0.457 e. The maximum absolute atomic E-state index is 12.1. The molecule has 2 unspecified atom stereocenters. The fourth-order valence-electron chi connectivity index (χ4n) is 5.52. The highest BCUT2D eigenvalue weighted by molar-refractivity contribution is 5.69. The molecule has 0 aliphatic rings. The molecule has 0 spiro atoms. The normalized spacial score (nSPS) is 13.1. The minimum atomic E-state index is -0.866. The molecular weight excluding hydrogens is 536 g/mol. The fraction of sp³-hybridized carbons (Fsp3) is 0.921. The predicted molar refractivity (Wildman–Crippen MR) is 183 cm³/mol. The molecule has 43 heavy (non-hydrogen) atoms. The summed E-state index contributed by atoms with van der Waals surface area (Å²) in [5.74, 6) is -0.283. The van der Waals surface area contributed by atoms with Crippen molar-refractivity contribution in [3.63, 3.8) is 0 Å². The maximum atomic E-state index is 12.1. The summed E-state index contributed by atoms with van der Waals surface area (Å²) in [7, 11) is 0. The smallest absolute Gasteiger partial charge is 0.306 e. The Morgan fingerprint density at radius 2 is 0.977 bits per heavy atom. The highest BCUT2D eigenvalue weighted by atomic mass is 16.6. The highest BCUT2D eigenvalue weighted by Gasteiger charge is 2.16. The van der Waals surface area contributed by atoms with E-state index in [0.29, 0.717) is 12.8 Å². The van der Waals surface area contributed by atoms with Crippen LogP contribution in [-0.4, -0.2) is 41.8 Å². The summed E-state index contributed by atoms with van der Waals surface area (Å²) < 4.78 is 10.8. The molecule has 0 aliphatic carbocycles. The van der Waals surface area contributed by atoms with Crippen molar-refractivity contribution in [2.75, 3.05) is 13.2 Å². The van der Waals surface area contributed by atoms with Crippen LogP contribution in [0.5, 0.6) is 0 Å². The zero-order chi connectivity index (χ0) is 31.5. The van der Waals surface area contributed by atoms with Gasteiger partial charge in [0.25, 0.3) is 0 Å². The Morgan fingerprint density at radius 1 is 0.581 bits per heavy atom. The van der Waals surface area contributed by atoms with Crippen molar-refractivity contribution < 1.29 is 24.5 Å². The molecule has 0 bridgehead atoms. The number of aliphatic hydroxyl groups excluding tert-OH is 2. The van der Waals surface area contributed by atoms with Crippen LogP contribution in [-0.2, 0) is 14.3 Å². The van der Waals surface area contributed by atoms with Gasteiger partial charge in [-0.3, -0.25) is 4.79 Å². The number of hydrogen-bond acceptors (Lipinski definition) is 5. The molecular formula is C38H74O5. The van der Waals surface area contributed by atoms with E-state index in [4.69, 9.17) is 9.47 Å². The van der Waals surface area contributed by atoms with E-state index in [2.05, 4.69) is 26.0 Å². The number of hydrogen-bond donors (Lipinski definition) is 2. The molecule has 0 rings (SSSR count). The molecule has 0 saturated carbocycles. The van der Waals surface area contributed by atoms with Gasteiger partial charge in [-0.05, 0) is 44.9 Å². The van der Waals surface area contributed by atoms with Gasteiger partial charge in [0.15, 0.2) is 6.29 Å². The molecule has 0 aliphatic heterocycles. The van der Waals surface area contributed by atoms with Crippen LogP contribution >= 0.6 is 0 Å². The van der Waals surface area contributed by atoms with Crippen molar-refractivity contribution >= 4 is 5.97 Å². The van der Waals surface area contributed by atoms with Crippen molar-refractivity contribution in [2.24, 2.45) is 0 Å². The first-order chi connectivity index (χ1) is 21.1. The van der Waals surface area contributed by atoms with Gasteiger partial charge >= 0.3 is 5.97 Å². The Labute approximate surface area is 268 Å². The van der Waals surface area contributed by atoms with E-state index < -0.39 is 12.4 Å². The van der Waals surface area contributed by atoms with Gasteiger partial charge in [0.05, 0.1) is 13.2 Å². The summed E-state index contributed by atoms with van der Waals surface area (Å²) in [4.78, 5) is 12.1. The van der Waals surface area contributed by atoms with Crippen molar-refractivity contribution in [3.05, 3.63) is 12.2 Å². The summed E-state index contributed by atoms with van der Waals surface area (Å²) >= 11 is 0. The molecule has 0 heterocycles. The third-order valence-electron chi connectivity index (χ3n) is 8.42. The van der Waals surface area contributed by atoms with Gasteiger partial charge in [0.1, 0.15) is 6.10 Å². The molecule has 0 aromatic heterocycles. The van der Waals surface area contributed by atoms with Crippen LogP contribution in [0.2, 0.25) is 0 Å². The zero-order valence-corrected chi connectivity index (χ0v) is 28.8. The number of aliphatic hydroxyl groups is 2. The molecule has 0 aromatic carbocycles. The molecule has 0 amide bonds. The molecule has 0 fully saturated rings. The molecule has 5 nitrogen and oxygen atoms in total. The fourth-order valence-corrected chi connectivity index (χ4v) is 5.52. The molecule has 0 radical (unpaired) electrons.